The summed E-state index contributed by atoms with van der Waals surface area (Å²) in [5.74, 6) is 0. The molecule has 0 fully saturated rings. The summed E-state index contributed by atoms with van der Waals surface area (Å²) >= 11 is 0. The minimum Gasteiger partial charge on any atom is -0.456 e. The Labute approximate surface area is 354 Å². The highest BCUT2D eigenvalue weighted by molar-refractivity contribution is 6.07. The van der Waals surface area contributed by atoms with Crippen molar-refractivity contribution < 1.29 is 4.42 Å². The van der Waals surface area contributed by atoms with Gasteiger partial charge in [0.15, 0.2) is 0 Å². The fraction of sp³-hybridized carbons (Fsp3) is 0.0169. The van der Waals surface area contributed by atoms with Crippen LogP contribution in [0.5, 0.6) is 0 Å². The van der Waals surface area contributed by atoms with E-state index in [9.17, 15) is 0 Å². The molecule has 1 atom stereocenters. The van der Waals surface area contributed by atoms with Crippen LogP contribution >= 0.6 is 0 Å². The molecule has 11 aromatic rings. The SMILES string of the molecule is c1ccc(-c2ccc(N(c3ccc(-c4ccc5oc6ccccc6c5c4)cc3)c3ccc4c(c3)C3(c5ccccc5-4)c4ccccc4-c4ccc5ccccc5c43)cc2)cc1. The molecule has 0 bridgehead atoms. The van der Waals surface area contributed by atoms with E-state index in [2.05, 4.69) is 217 Å². The van der Waals surface area contributed by atoms with Crippen LogP contribution in [0.15, 0.2) is 229 Å². The van der Waals surface area contributed by atoms with Gasteiger partial charge in [-0.2, -0.15) is 0 Å². The normalized spacial score (nSPS) is 14.6. The van der Waals surface area contributed by atoms with Crippen molar-refractivity contribution in [2.75, 3.05) is 4.90 Å². The van der Waals surface area contributed by atoms with Gasteiger partial charge in [-0.3, -0.25) is 0 Å². The summed E-state index contributed by atoms with van der Waals surface area (Å²) in [6.45, 7) is 0. The Balaban J connectivity index is 1.01. The highest BCUT2D eigenvalue weighted by Crippen LogP contribution is 2.64. The predicted octanol–water partition coefficient (Wildman–Crippen LogP) is 15.9. The lowest BCUT2D eigenvalue weighted by atomic mass is 9.69. The van der Waals surface area contributed by atoms with Crippen molar-refractivity contribution in [3.63, 3.8) is 0 Å². The molecular formula is C59H37NO. The molecule has 1 aromatic heterocycles. The molecule has 0 saturated heterocycles. The number of fused-ring (bicyclic) bond motifs is 15. The number of hydrogen-bond donors (Lipinski definition) is 0. The summed E-state index contributed by atoms with van der Waals surface area (Å²) in [5.41, 5.74) is 19.9. The summed E-state index contributed by atoms with van der Waals surface area (Å²) in [6.07, 6.45) is 0. The Kier molecular flexibility index (Phi) is 7.26. The van der Waals surface area contributed by atoms with E-state index in [0.29, 0.717) is 0 Å². The van der Waals surface area contributed by atoms with Crippen LogP contribution in [-0.4, -0.2) is 0 Å². The summed E-state index contributed by atoms with van der Waals surface area (Å²) in [4.78, 5) is 2.42. The first-order chi connectivity index (χ1) is 30.2. The number of furan rings is 1. The number of rotatable bonds is 5. The van der Waals surface area contributed by atoms with E-state index in [-0.39, 0.29) is 0 Å². The zero-order chi connectivity index (χ0) is 40.1. The van der Waals surface area contributed by atoms with Crippen molar-refractivity contribution in [3.8, 4) is 44.5 Å². The molecule has 0 N–H and O–H groups in total. The predicted molar refractivity (Wildman–Crippen MR) is 253 cm³/mol. The third-order valence-electron chi connectivity index (χ3n) is 13.3. The number of benzene rings is 10. The van der Waals surface area contributed by atoms with Gasteiger partial charge in [-0.1, -0.05) is 170 Å². The van der Waals surface area contributed by atoms with Gasteiger partial charge < -0.3 is 9.32 Å². The van der Waals surface area contributed by atoms with Gasteiger partial charge in [0.1, 0.15) is 11.2 Å². The third-order valence-corrected chi connectivity index (χ3v) is 13.3. The molecule has 2 aliphatic carbocycles. The molecular weight excluding hydrogens is 739 g/mol. The second-order valence-electron chi connectivity index (χ2n) is 16.4. The molecule has 1 unspecified atom stereocenters. The molecule has 2 aliphatic rings. The van der Waals surface area contributed by atoms with E-state index in [4.69, 9.17) is 4.42 Å². The van der Waals surface area contributed by atoms with Gasteiger partial charge in [-0.05, 0) is 132 Å². The first-order valence-corrected chi connectivity index (χ1v) is 21.1. The summed E-state index contributed by atoms with van der Waals surface area (Å²) in [5, 5.41) is 4.83. The van der Waals surface area contributed by atoms with Gasteiger partial charge in [0, 0.05) is 27.8 Å². The molecule has 13 rings (SSSR count). The first kappa shape index (κ1) is 34.0. The van der Waals surface area contributed by atoms with Crippen LogP contribution in [0.4, 0.5) is 17.1 Å². The van der Waals surface area contributed by atoms with Crippen molar-refractivity contribution in [2.24, 2.45) is 0 Å². The van der Waals surface area contributed by atoms with E-state index in [0.717, 1.165) is 50.1 Å². The maximum absolute atomic E-state index is 6.17. The minimum absolute atomic E-state index is 0.489. The van der Waals surface area contributed by atoms with Crippen molar-refractivity contribution in [3.05, 3.63) is 247 Å². The number of anilines is 3. The molecule has 2 heteroatoms. The van der Waals surface area contributed by atoms with E-state index in [1.807, 2.05) is 12.1 Å². The van der Waals surface area contributed by atoms with Gasteiger partial charge >= 0.3 is 0 Å². The summed E-state index contributed by atoms with van der Waals surface area (Å²) < 4.78 is 6.17. The Morgan fingerprint density at radius 3 is 1.59 bits per heavy atom. The zero-order valence-corrected chi connectivity index (χ0v) is 33.2. The average Bonchev–Trinajstić information content (AvgIpc) is 3.96. The highest BCUT2D eigenvalue weighted by Gasteiger charge is 2.52. The molecule has 0 saturated carbocycles. The summed E-state index contributed by atoms with van der Waals surface area (Å²) in [7, 11) is 0. The van der Waals surface area contributed by atoms with Crippen LogP contribution < -0.4 is 4.90 Å². The maximum atomic E-state index is 6.17. The van der Waals surface area contributed by atoms with Gasteiger partial charge in [-0.15, -0.1) is 0 Å². The van der Waals surface area contributed by atoms with Crippen molar-refractivity contribution in [1.82, 2.24) is 0 Å². The Morgan fingerprint density at radius 1 is 0.311 bits per heavy atom. The molecule has 10 aromatic carbocycles. The number of hydrogen-bond acceptors (Lipinski definition) is 2. The fourth-order valence-electron chi connectivity index (χ4n) is 10.6. The minimum atomic E-state index is -0.489. The highest BCUT2D eigenvalue weighted by atomic mass is 16.3. The lowest BCUT2D eigenvalue weighted by Gasteiger charge is -2.33. The molecule has 61 heavy (non-hydrogen) atoms. The molecule has 0 aliphatic heterocycles. The van der Waals surface area contributed by atoms with Gasteiger partial charge in [0.25, 0.3) is 0 Å². The van der Waals surface area contributed by atoms with Crippen LogP contribution in [0.2, 0.25) is 0 Å². The molecule has 1 heterocycles. The van der Waals surface area contributed by atoms with Crippen molar-refractivity contribution in [1.29, 1.82) is 0 Å². The lowest BCUT2D eigenvalue weighted by molar-refractivity contribution is 0.669. The van der Waals surface area contributed by atoms with E-state index < -0.39 is 5.41 Å². The largest absolute Gasteiger partial charge is 0.456 e. The quantitative estimate of drug-likeness (QED) is 0.173. The van der Waals surface area contributed by atoms with Crippen LogP contribution in [-0.2, 0) is 5.41 Å². The van der Waals surface area contributed by atoms with Crippen LogP contribution in [0.1, 0.15) is 22.3 Å². The molecule has 284 valence electrons. The Hall–Kier alpha value is -7.94. The van der Waals surface area contributed by atoms with Crippen LogP contribution in [0, 0.1) is 0 Å². The van der Waals surface area contributed by atoms with Gasteiger partial charge in [-0.25, -0.2) is 0 Å². The van der Waals surface area contributed by atoms with Crippen molar-refractivity contribution in [2.45, 2.75) is 5.41 Å². The average molecular weight is 776 g/mol. The monoisotopic (exact) mass is 775 g/mol. The van der Waals surface area contributed by atoms with Crippen LogP contribution in [0.25, 0.3) is 77.2 Å². The standard InChI is InChI=1S/C59H37NO/c1-2-12-38(13-3-1)39-22-28-43(29-23-39)60(44-30-24-40(25-31-44)42-27-35-57-52(36-42)50-18-8-11-21-56(50)61-57)45-32-34-49-47-16-6-9-19-53(47)59(55(49)37-45)54-20-10-7-17-48(54)51-33-26-41-14-4-5-15-46(41)58(51)59/h1-37H. The number of para-hydroxylation sites is 1. The Bertz CT molecular complexity index is 3510. The van der Waals surface area contributed by atoms with E-state index in [1.54, 1.807) is 0 Å². The number of nitrogens with zero attached hydrogens (tertiary/aromatic N) is 1. The molecule has 0 radical (unpaired) electrons. The molecule has 2 nitrogen and oxygen atoms in total. The lowest BCUT2D eigenvalue weighted by Crippen LogP contribution is -2.26. The van der Waals surface area contributed by atoms with Crippen LogP contribution in [0.3, 0.4) is 0 Å². The first-order valence-electron chi connectivity index (χ1n) is 21.1. The zero-order valence-electron chi connectivity index (χ0n) is 33.2. The van der Waals surface area contributed by atoms with E-state index >= 15 is 0 Å². The Morgan fingerprint density at radius 2 is 0.836 bits per heavy atom. The van der Waals surface area contributed by atoms with Gasteiger partial charge in [0.2, 0.25) is 0 Å². The van der Waals surface area contributed by atoms with Crippen molar-refractivity contribution >= 4 is 49.8 Å². The smallest absolute Gasteiger partial charge is 0.135 e. The summed E-state index contributed by atoms with van der Waals surface area (Å²) in [6, 6.07) is 82.4. The topological polar surface area (TPSA) is 16.4 Å². The molecule has 0 amide bonds. The molecule has 1 spiro atoms. The second kappa shape index (κ2) is 13.0. The van der Waals surface area contributed by atoms with Gasteiger partial charge in [0.05, 0.1) is 5.41 Å². The fourth-order valence-corrected chi connectivity index (χ4v) is 10.6. The maximum Gasteiger partial charge on any atom is 0.135 e. The van der Waals surface area contributed by atoms with E-state index in [1.165, 1.54) is 66.4 Å². The third kappa shape index (κ3) is 4.91. The second-order valence-corrected chi connectivity index (χ2v) is 16.4.